The summed E-state index contributed by atoms with van der Waals surface area (Å²) in [6, 6.07) is 11.6. The van der Waals surface area contributed by atoms with E-state index in [1.54, 1.807) is 11.3 Å². The van der Waals surface area contributed by atoms with Crippen LogP contribution in [0.15, 0.2) is 47.5 Å². The predicted molar refractivity (Wildman–Crippen MR) is 86.7 cm³/mol. The van der Waals surface area contributed by atoms with Crippen LogP contribution in [0.5, 0.6) is 0 Å². The van der Waals surface area contributed by atoms with Gasteiger partial charge >= 0.3 is 0 Å². The number of thiocarbonyl (C=S) groups is 1. The van der Waals surface area contributed by atoms with Crippen LogP contribution in [-0.4, -0.2) is 11.0 Å². The minimum atomic E-state index is -0.118. The number of carbonyl (C=O) groups excluding carboxylic acids is 1. The third kappa shape index (κ3) is 2.37. The number of benzene rings is 1. The Morgan fingerprint density at radius 3 is 2.65 bits per heavy atom. The molecule has 1 aromatic heterocycles. The molecule has 1 saturated heterocycles. The molecule has 1 amide bonds. The van der Waals surface area contributed by atoms with E-state index in [1.807, 2.05) is 54.8 Å². The molecule has 1 fully saturated rings. The molecule has 100 valence electrons. The summed E-state index contributed by atoms with van der Waals surface area (Å²) in [7, 11) is 0. The van der Waals surface area contributed by atoms with Gasteiger partial charge in [-0.15, -0.1) is 11.3 Å². The summed E-state index contributed by atoms with van der Waals surface area (Å²) in [5, 5.41) is 5.37. The van der Waals surface area contributed by atoms with Gasteiger partial charge in [-0.05, 0) is 48.8 Å². The number of aryl methyl sites for hydroxylation is 1. The molecule has 0 aliphatic carbocycles. The zero-order valence-electron chi connectivity index (χ0n) is 10.8. The molecule has 2 aromatic rings. The maximum absolute atomic E-state index is 12.4. The Kier molecular flexibility index (Phi) is 3.38. The van der Waals surface area contributed by atoms with Crippen molar-refractivity contribution in [2.75, 3.05) is 4.90 Å². The Morgan fingerprint density at radius 1 is 1.25 bits per heavy atom. The van der Waals surface area contributed by atoms with E-state index in [0.717, 1.165) is 16.1 Å². The minimum absolute atomic E-state index is 0.118. The second kappa shape index (κ2) is 5.19. The molecule has 5 heteroatoms. The molecule has 3 nitrogen and oxygen atoms in total. The van der Waals surface area contributed by atoms with Crippen LogP contribution in [-0.2, 0) is 4.79 Å². The number of rotatable bonds is 2. The molecule has 2 heterocycles. The van der Waals surface area contributed by atoms with Gasteiger partial charge in [0.2, 0.25) is 0 Å². The average Bonchev–Trinajstić information content (AvgIpc) is 3.02. The summed E-state index contributed by atoms with van der Waals surface area (Å²) < 4.78 is 0. The molecule has 1 aliphatic rings. The third-order valence-corrected chi connectivity index (χ3v) is 4.10. The molecule has 1 aliphatic heterocycles. The molecule has 0 atom stereocenters. The van der Waals surface area contributed by atoms with Crippen molar-refractivity contribution in [3.05, 3.63) is 57.9 Å². The number of nitrogens with zero attached hydrogens (tertiary/aromatic N) is 1. The van der Waals surface area contributed by atoms with E-state index >= 15 is 0 Å². The van der Waals surface area contributed by atoms with Gasteiger partial charge in [0.1, 0.15) is 5.70 Å². The lowest BCUT2D eigenvalue weighted by Crippen LogP contribution is -2.30. The molecule has 0 bridgehead atoms. The lowest BCUT2D eigenvalue weighted by Gasteiger charge is -2.13. The van der Waals surface area contributed by atoms with Crippen molar-refractivity contribution in [2.45, 2.75) is 6.92 Å². The monoisotopic (exact) mass is 300 g/mol. The standard InChI is InChI=1S/C15H12N2OS2/c1-10-4-6-11(7-5-10)17-14(18)13(16-15(17)19)9-12-3-2-8-20-12/h2-9H,1H3,(H,16,19). The molecular formula is C15H12N2OS2. The van der Waals surface area contributed by atoms with Crippen molar-refractivity contribution >= 4 is 46.3 Å². The summed E-state index contributed by atoms with van der Waals surface area (Å²) in [6.45, 7) is 2.01. The van der Waals surface area contributed by atoms with Crippen molar-refractivity contribution in [2.24, 2.45) is 0 Å². The fourth-order valence-corrected chi connectivity index (χ4v) is 2.93. The van der Waals surface area contributed by atoms with Gasteiger partial charge in [0, 0.05) is 4.88 Å². The fourth-order valence-electron chi connectivity index (χ4n) is 1.98. The van der Waals surface area contributed by atoms with E-state index in [1.165, 1.54) is 4.90 Å². The van der Waals surface area contributed by atoms with Gasteiger partial charge in [-0.1, -0.05) is 23.8 Å². The van der Waals surface area contributed by atoms with E-state index in [2.05, 4.69) is 5.32 Å². The molecule has 0 saturated carbocycles. The number of thiophene rings is 1. The Hall–Kier alpha value is -1.98. The quantitative estimate of drug-likeness (QED) is 0.682. The van der Waals surface area contributed by atoms with E-state index in [-0.39, 0.29) is 5.91 Å². The van der Waals surface area contributed by atoms with Gasteiger partial charge in [0.15, 0.2) is 5.11 Å². The maximum atomic E-state index is 12.4. The predicted octanol–water partition coefficient (Wildman–Crippen LogP) is 3.32. The van der Waals surface area contributed by atoms with Gasteiger partial charge < -0.3 is 5.32 Å². The third-order valence-electron chi connectivity index (χ3n) is 3.00. The summed E-state index contributed by atoms with van der Waals surface area (Å²) in [6.07, 6.45) is 1.83. The minimum Gasteiger partial charge on any atom is -0.327 e. The van der Waals surface area contributed by atoms with E-state index < -0.39 is 0 Å². The van der Waals surface area contributed by atoms with Crippen molar-refractivity contribution in [3.63, 3.8) is 0 Å². The van der Waals surface area contributed by atoms with Crippen molar-refractivity contribution < 1.29 is 4.79 Å². The van der Waals surface area contributed by atoms with Crippen LogP contribution in [0.2, 0.25) is 0 Å². The van der Waals surface area contributed by atoms with Crippen LogP contribution < -0.4 is 10.2 Å². The lowest BCUT2D eigenvalue weighted by molar-refractivity contribution is -0.113. The van der Waals surface area contributed by atoms with Crippen molar-refractivity contribution in [1.82, 2.24) is 5.32 Å². The number of hydrogen-bond donors (Lipinski definition) is 1. The van der Waals surface area contributed by atoms with Crippen molar-refractivity contribution in [1.29, 1.82) is 0 Å². The van der Waals surface area contributed by atoms with Gasteiger partial charge in [0.05, 0.1) is 5.69 Å². The zero-order valence-corrected chi connectivity index (χ0v) is 12.4. The number of amides is 1. The average molecular weight is 300 g/mol. The smallest absolute Gasteiger partial charge is 0.281 e. The van der Waals surface area contributed by atoms with Crippen LogP contribution in [0.4, 0.5) is 5.69 Å². The summed E-state index contributed by atoms with van der Waals surface area (Å²) in [4.78, 5) is 15.0. The van der Waals surface area contributed by atoms with Crippen LogP contribution >= 0.6 is 23.6 Å². The summed E-state index contributed by atoms with van der Waals surface area (Å²) in [5.74, 6) is -0.118. The second-order valence-electron chi connectivity index (χ2n) is 4.48. The number of carbonyl (C=O) groups is 1. The molecular weight excluding hydrogens is 288 g/mol. The first-order valence-corrected chi connectivity index (χ1v) is 7.41. The second-order valence-corrected chi connectivity index (χ2v) is 5.85. The fraction of sp³-hybridized carbons (Fsp3) is 0.0667. The first kappa shape index (κ1) is 13.0. The largest absolute Gasteiger partial charge is 0.327 e. The van der Waals surface area contributed by atoms with Crippen LogP contribution in [0.25, 0.3) is 6.08 Å². The topological polar surface area (TPSA) is 32.3 Å². The Labute approximate surface area is 126 Å². The number of hydrogen-bond acceptors (Lipinski definition) is 3. The highest BCUT2D eigenvalue weighted by Gasteiger charge is 2.31. The normalized spacial score (nSPS) is 16.9. The highest BCUT2D eigenvalue weighted by Crippen LogP contribution is 2.23. The van der Waals surface area contributed by atoms with Crippen LogP contribution in [0, 0.1) is 6.92 Å². The highest BCUT2D eigenvalue weighted by atomic mass is 32.1. The summed E-state index contributed by atoms with van der Waals surface area (Å²) in [5.41, 5.74) is 2.44. The molecule has 0 radical (unpaired) electrons. The Balaban J connectivity index is 1.93. The molecule has 0 spiro atoms. The molecule has 1 N–H and O–H groups in total. The van der Waals surface area contributed by atoms with Crippen LogP contribution in [0.1, 0.15) is 10.4 Å². The van der Waals surface area contributed by atoms with Gasteiger partial charge in [-0.25, -0.2) is 0 Å². The van der Waals surface area contributed by atoms with Gasteiger partial charge in [-0.2, -0.15) is 0 Å². The molecule has 1 aromatic carbocycles. The SMILES string of the molecule is Cc1ccc(N2C(=O)C(=Cc3cccs3)NC2=S)cc1. The Morgan fingerprint density at radius 2 is 2.00 bits per heavy atom. The maximum Gasteiger partial charge on any atom is 0.281 e. The highest BCUT2D eigenvalue weighted by molar-refractivity contribution is 7.80. The summed E-state index contributed by atoms with van der Waals surface area (Å²) >= 11 is 6.84. The van der Waals surface area contributed by atoms with Gasteiger partial charge in [-0.3, -0.25) is 9.69 Å². The number of anilines is 1. The zero-order chi connectivity index (χ0) is 14.1. The first-order chi connectivity index (χ1) is 9.65. The first-order valence-electron chi connectivity index (χ1n) is 6.12. The lowest BCUT2D eigenvalue weighted by atomic mass is 10.2. The van der Waals surface area contributed by atoms with Crippen molar-refractivity contribution in [3.8, 4) is 0 Å². The Bertz CT molecular complexity index is 687. The molecule has 3 rings (SSSR count). The van der Waals surface area contributed by atoms with E-state index in [9.17, 15) is 4.79 Å². The van der Waals surface area contributed by atoms with Crippen LogP contribution in [0.3, 0.4) is 0 Å². The molecule has 20 heavy (non-hydrogen) atoms. The van der Waals surface area contributed by atoms with E-state index in [4.69, 9.17) is 12.2 Å². The van der Waals surface area contributed by atoms with Gasteiger partial charge in [0.25, 0.3) is 5.91 Å². The van der Waals surface area contributed by atoms with E-state index in [0.29, 0.717) is 10.8 Å². The number of nitrogens with one attached hydrogen (secondary N) is 1. The molecule has 0 unspecified atom stereocenters.